The van der Waals surface area contributed by atoms with Gasteiger partial charge in [-0.3, -0.25) is 0 Å². The Kier molecular flexibility index (Phi) is 3.94. The molecule has 1 aromatic rings. The van der Waals surface area contributed by atoms with Crippen molar-refractivity contribution >= 4 is 6.09 Å². The normalized spacial score (nSPS) is 18.7. The lowest BCUT2D eigenvalue weighted by molar-refractivity contribution is 0.0164. The number of piperidine rings is 1. The number of hydrogen-bond acceptors (Lipinski definition) is 5. The van der Waals surface area contributed by atoms with Gasteiger partial charge in [-0.05, 0) is 39.7 Å². The largest absolute Gasteiger partial charge is 0.444 e. The SMILES string of the molecule is CC(C)(C)OC(=O)N1CCC(N)(c2ccncn2)CC1. The smallest absolute Gasteiger partial charge is 0.410 e. The lowest BCUT2D eigenvalue weighted by atomic mass is 9.85. The number of amides is 1. The maximum atomic E-state index is 12.0. The van der Waals surface area contributed by atoms with Crippen LogP contribution in [0.3, 0.4) is 0 Å². The average molecular weight is 278 g/mol. The molecule has 1 saturated heterocycles. The molecule has 2 N–H and O–H groups in total. The van der Waals surface area contributed by atoms with Gasteiger partial charge >= 0.3 is 6.09 Å². The molecule has 6 heteroatoms. The lowest BCUT2D eigenvalue weighted by Gasteiger charge is -2.39. The van der Waals surface area contributed by atoms with E-state index in [4.69, 9.17) is 10.5 Å². The lowest BCUT2D eigenvalue weighted by Crippen LogP contribution is -2.51. The number of carbonyl (C=O) groups excluding carboxylic acids is 1. The number of ether oxygens (including phenoxy) is 1. The highest BCUT2D eigenvalue weighted by Gasteiger charge is 2.36. The summed E-state index contributed by atoms with van der Waals surface area (Å²) in [6, 6.07) is 1.84. The minimum atomic E-state index is -0.485. The van der Waals surface area contributed by atoms with Crippen LogP contribution in [0.25, 0.3) is 0 Å². The Morgan fingerprint density at radius 2 is 2.05 bits per heavy atom. The predicted octanol–water partition coefficient (Wildman–Crippen LogP) is 1.66. The summed E-state index contributed by atoms with van der Waals surface area (Å²) in [4.78, 5) is 21.8. The Morgan fingerprint density at radius 1 is 1.40 bits per heavy atom. The Labute approximate surface area is 119 Å². The Balaban J connectivity index is 1.97. The standard InChI is InChI=1S/C14H22N4O2/c1-13(2,3)20-12(19)18-8-5-14(15,6-9-18)11-4-7-16-10-17-11/h4,7,10H,5-6,8-9,15H2,1-3H3. The van der Waals surface area contributed by atoms with Crippen molar-refractivity contribution in [1.82, 2.24) is 14.9 Å². The molecule has 0 bridgehead atoms. The zero-order valence-corrected chi connectivity index (χ0v) is 12.3. The topological polar surface area (TPSA) is 81.3 Å². The Hall–Kier alpha value is -1.69. The summed E-state index contributed by atoms with van der Waals surface area (Å²) in [6.45, 7) is 6.75. The van der Waals surface area contributed by atoms with E-state index in [1.807, 2.05) is 26.8 Å². The summed E-state index contributed by atoms with van der Waals surface area (Å²) in [7, 11) is 0. The molecule has 0 spiro atoms. The van der Waals surface area contributed by atoms with Crippen LogP contribution in [0.1, 0.15) is 39.3 Å². The molecule has 1 aliphatic heterocycles. The van der Waals surface area contributed by atoms with Crippen LogP contribution in [0.15, 0.2) is 18.6 Å². The molecule has 2 rings (SSSR count). The van der Waals surface area contributed by atoms with Crippen LogP contribution in [-0.2, 0) is 10.3 Å². The molecule has 0 aliphatic carbocycles. The summed E-state index contributed by atoms with van der Waals surface area (Å²) in [5.41, 5.74) is 6.27. The highest BCUT2D eigenvalue weighted by molar-refractivity contribution is 5.68. The van der Waals surface area contributed by atoms with Crippen LogP contribution < -0.4 is 5.73 Å². The molecule has 1 fully saturated rings. The van der Waals surface area contributed by atoms with Crippen LogP contribution in [0.2, 0.25) is 0 Å². The first-order valence-corrected chi connectivity index (χ1v) is 6.83. The van der Waals surface area contributed by atoms with Crippen molar-refractivity contribution in [2.24, 2.45) is 5.73 Å². The highest BCUT2D eigenvalue weighted by atomic mass is 16.6. The molecule has 0 radical (unpaired) electrons. The summed E-state index contributed by atoms with van der Waals surface area (Å²) in [5.74, 6) is 0. The monoisotopic (exact) mass is 278 g/mol. The molecule has 1 amide bonds. The van der Waals surface area contributed by atoms with Gasteiger partial charge in [0.05, 0.1) is 11.2 Å². The zero-order chi connectivity index (χ0) is 14.8. The third-order valence-corrected chi connectivity index (χ3v) is 3.40. The van der Waals surface area contributed by atoms with E-state index in [9.17, 15) is 4.79 Å². The number of nitrogens with two attached hydrogens (primary N) is 1. The molecule has 110 valence electrons. The number of nitrogens with zero attached hydrogens (tertiary/aromatic N) is 3. The summed E-state index contributed by atoms with van der Waals surface area (Å²) in [5, 5.41) is 0. The quantitative estimate of drug-likeness (QED) is 0.845. The van der Waals surface area contributed by atoms with E-state index in [2.05, 4.69) is 9.97 Å². The van der Waals surface area contributed by atoms with Crippen molar-refractivity contribution in [3.05, 3.63) is 24.3 Å². The molecular weight excluding hydrogens is 256 g/mol. The fraction of sp³-hybridized carbons (Fsp3) is 0.643. The van der Waals surface area contributed by atoms with Gasteiger partial charge in [0.1, 0.15) is 11.9 Å². The number of aromatic nitrogens is 2. The minimum absolute atomic E-state index is 0.276. The third-order valence-electron chi connectivity index (χ3n) is 3.40. The van der Waals surface area contributed by atoms with Crippen LogP contribution >= 0.6 is 0 Å². The van der Waals surface area contributed by atoms with E-state index in [0.717, 1.165) is 5.69 Å². The van der Waals surface area contributed by atoms with Crippen molar-refractivity contribution in [1.29, 1.82) is 0 Å². The first kappa shape index (κ1) is 14.7. The van der Waals surface area contributed by atoms with Gasteiger partial charge in [-0.25, -0.2) is 14.8 Å². The van der Waals surface area contributed by atoms with E-state index in [0.29, 0.717) is 25.9 Å². The van der Waals surface area contributed by atoms with Crippen molar-refractivity contribution < 1.29 is 9.53 Å². The molecular formula is C14H22N4O2. The molecule has 0 saturated carbocycles. The number of rotatable bonds is 1. The van der Waals surface area contributed by atoms with Crippen molar-refractivity contribution in [2.75, 3.05) is 13.1 Å². The average Bonchev–Trinajstić information content (AvgIpc) is 2.38. The summed E-state index contributed by atoms with van der Waals surface area (Å²) in [6.07, 6.45) is 4.26. The van der Waals surface area contributed by atoms with Crippen LogP contribution in [-0.4, -0.2) is 39.7 Å². The van der Waals surface area contributed by atoms with E-state index in [1.165, 1.54) is 6.33 Å². The number of hydrogen-bond donors (Lipinski definition) is 1. The molecule has 6 nitrogen and oxygen atoms in total. The molecule has 0 unspecified atom stereocenters. The van der Waals surface area contributed by atoms with E-state index >= 15 is 0 Å². The van der Waals surface area contributed by atoms with Gasteiger partial charge in [-0.2, -0.15) is 0 Å². The zero-order valence-electron chi connectivity index (χ0n) is 12.3. The molecule has 0 aromatic carbocycles. The second-order valence-electron chi connectivity index (χ2n) is 6.22. The van der Waals surface area contributed by atoms with Crippen molar-refractivity contribution in [2.45, 2.75) is 44.8 Å². The van der Waals surface area contributed by atoms with Crippen molar-refractivity contribution in [3.8, 4) is 0 Å². The maximum absolute atomic E-state index is 12.0. The van der Waals surface area contributed by atoms with Gasteiger partial charge < -0.3 is 15.4 Å². The van der Waals surface area contributed by atoms with Gasteiger partial charge in [0, 0.05) is 19.3 Å². The van der Waals surface area contributed by atoms with Gasteiger partial charge in [-0.15, -0.1) is 0 Å². The fourth-order valence-electron chi connectivity index (χ4n) is 2.26. The number of likely N-dealkylation sites (tertiary alicyclic amines) is 1. The van der Waals surface area contributed by atoms with Gasteiger partial charge in [0.25, 0.3) is 0 Å². The Morgan fingerprint density at radius 3 is 2.55 bits per heavy atom. The molecule has 0 atom stereocenters. The maximum Gasteiger partial charge on any atom is 0.410 e. The van der Waals surface area contributed by atoms with E-state index < -0.39 is 11.1 Å². The number of carbonyl (C=O) groups is 1. The molecule has 2 heterocycles. The van der Waals surface area contributed by atoms with Crippen LogP contribution in [0, 0.1) is 0 Å². The van der Waals surface area contributed by atoms with Gasteiger partial charge in [-0.1, -0.05) is 0 Å². The third kappa shape index (κ3) is 3.45. The summed E-state index contributed by atoms with van der Waals surface area (Å²) >= 11 is 0. The van der Waals surface area contributed by atoms with Gasteiger partial charge in [0.2, 0.25) is 0 Å². The first-order chi connectivity index (χ1) is 9.30. The van der Waals surface area contributed by atoms with Crippen LogP contribution in [0.5, 0.6) is 0 Å². The summed E-state index contributed by atoms with van der Waals surface area (Å²) < 4.78 is 5.37. The molecule has 1 aliphatic rings. The minimum Gasteiger partial charge on any atom is -0.444 e. The van der Waals surface area contributed by atoms with Crippen molar-refractivity contribution in [3.63, 3.8) is 0 Å². The fourth-order valence-corrected chi connectivity index (χ4v) is 2.26. The van der Waals surface area contributed by atoms with Gasteiger partial charge in [0.15, 0.2) is 0 Å². The van der Waals surface area contributed by atoms with Crippen LogP contribution in [0.4, 0.5) is 4.79 Å². The second kappa shape index (κ2) is 5.36. The second-order valence-corrected chi connectivity index (χ2v) is 6.22. The Bertz CT molecular complexity index is 462. The molecule has 1 aromatic heterocycles. The first-order valence-electron chi connectivity index (χ1n) is 6.83. The van der Waals surface area contributed by atoms with E-state index in [-0.39, 0.29) is 6.09 Å². The van der Waals surface area contributed by atoms with E-state index in [1.54, 1.807) is 11.1 Å². The predicted molar refractivity (Wildman–Crippen MR) is 74.9 cm³/mol. The molecule has 20 heavy (non-hydrogen) atoms. The highest BCUT2D eigenvalue weighted by Crippen LogP contribution is 2.29.